The van der Waals surface area contributed by atoms with Crippen molar-refractivity contribution in [2.75, 3.05) is 25.1 Å². The van der Waals surface area contributed by atoms with Gasteiger partial charge in [-0.05, 0) is 26.0 Å². The summed E-state index contributed by atoms with van der Waals surface area (Å²) in [7, 11) is -1.07. The second kappa shape index (κ2) is 6.58. The van der Waals surface area contributed by atoms with Crippen molar-refractivity contribution in [2.45, 2.75) is 25.4 Å². The number of carbonyl (C=O) groups excluding carboxylic acids is 1. The molecule has 1 heterocycles. The quantitative estimate of drug-likeness (QED) is 0.880. The molecule has 1 fully saturated rings. The molecule has 21 heavy (non-hydrogen) atoms. The Kier molecular flexibility index (Phi) is 5.00. The van der Waals surface area contributed by atoms with Gasteiger partial charge in [-0.2, -0.15) is 0 Å². The highest BCUT2D eigenvalue weighted by molar-refractivity contribution is 7.91. The smallest absolute Gasteiger partial charge is 0.234 e. The number of rotatable bonds is 5. The van der Waals surface area contributed by atoms with Crippen LogP contribution in [-0.2, 0) is 14.6 Å². The molecule has 1 aromatic carbocycles. The predicted molar refractivity (Wildman–Crippen MR) is 82.7 cm³/mol. The molecule has 116 valence electrons. The topological polar surface area (TPSA) is 66.5 Å². The third kappa shape index (κ3) is 4.54. The number of amides is 1. The van der Waals surface area contributed by atoms with Gasteiger partial charge in [0.15, 0.2) is 9.84 Å². The van der Waals surface area contributed by atoms with E-state index in [4.69, 9.17) is 0 Å². The lowest BCUT2D eigenvalue weighted by atomic mass is 10.1. The Bertz CT molecular complexity index is 586. The molecule has 6 heteroatoms. The van der Waals surface area contributed by atoms with Crippen molar-refractivity contribution in [2.24, 2.45) is 0 Å². The van der Waals surface area contributed by atoms with E-state index in [0.29, 0.717) is 6.42 Å². The first-order valence-corrected chi connectivity index (χ1v) is 8.94. The summed E-state index contributed by atoms with van der Waals surface area (Å²) in [5, 5.41) is 2.81. The van der Waals surface area contributed by atoms with E-state index >= 15 is 0 Å². The van der Waals surface area contributed by atoms with Crippen molar-refractivity contribution in [3.63, 3.8) is 0 Å². The average molecular weight is 310 g/mol. The number of sulfone groups is 1. The minimum atomic E-state index is -2.96. The fourth-order valence-corrected chi connectivity index (χ4v) is 4.20. The Labute approximate surface area is 126 Å². The molecule has 0 bridgehead atoms. The van der Waals surface area contributed by atoms with Gasteiger partial charge in [0.05, 0.1) is 18.1 Å². The average Bonchev–Trinajstić information content (AvgIpc) is 2.77. The molecule has 0 saturated carbocycles. The summed E-state index contributed by atoms with van der Waals surface area (Å²) in [4.78, 5) is 14.0. The molecule has 2 atom stereocenters. The highest BCUT2D eigenvalue weighted by Gasteiger charge is 2.29. The number of hydrogen-bond donors (Lipinski definition) is 1. The number of hydrogen-bond acceptors (Lipinski definition) is 4. The molecule has 1 aliphatic heterocycles. The lowest BCUT2D eigenvalue weighted by Gasteiger charge is -2.25. The maximum atomic E-state index is 12.0. The van der Waals surface area contributed by atoms with Gasteiger partial charge in [0.25, 0.3) is 0 Å². The first-order valence-electron chi connectivity index (χ1n) is 7.12. The summed E-state index contributed by atoms with van der Waals surface area (Å²) in [6, 6.07) is 9.87. The van der Waals surface area contributed by atoms with Crippen LogP contribution in [0, 0.1) is 0 Å². The van der Waals surface area contributed by atoms with Crippen LogP contribution in [0.2, 0.25) is 0 Å². The van der Waals surface area contributed by atoms with Gasteiger partial charge in [-0.3, -0.25) is 9.69 Å². The zero-order valence-corrected chi connectivity index (χ0v) is 13.3. The summed E-state index contributed by atoms with van der Waals surface area (Å²) < 4.78 is 22.8. The van der Waals surface area contributed by atoms with E-state index in [1.54, 1.807) is 0 Å². The number of nitrogens with zero attached hydrogens (tertiary/aromatic N) is 1. The Morgan fingerprint density at radius 3 is 2.62 bits per heavy atom. The molecule has 1 aliphatic rings. The normalized spacial score (nSPS) is 22.1. The van der Waals surface area contributed by atoms with Crippen LogP contribution in [0.4, 0.5) is 0 Å². The fraction of sp³-hybridized carbons (Fsp3) is 0.533. The van der Waals surface area contributed by atoms with Gasteiger partial charge in [-0.1, -0.05) is 30.3 Å². The Morgan fingerprint density at radius 1 is 1.38 bits per heavy atom. The van der Waals surface area contributed by atoms with Crippen molar-refractivity contribution >= 4 is 15.7 Å². The first kappa shape index (κ1) is 16.0. The highest BCUT2D eigenvalue weighted by Crippen LogP contribution is 2.17. The van der Waals surface area contributed by atoms with Crippen LogP contribution in [0.1, 0.15) is 24.9 Å². The second-order valence-electron chi connectivity index (χ2n) is 5.67. The molecular formula is C15H22N2O3S. The monoisotopic (exact) mass is 310 g/mol. The number of likely N-dealkylation sites (N-methyl/N-ethyl adjacent to an activating group) is 1. The molecule has 1 aromatic rings. The molecular weight excluding hydrogens is 288 g/mol. The van der Waals surface area contributed by atoms with Gasteiger partial charge in [-0.15, -0.1) is 0 Å². The fourth-order valence-electron chi connectivity index (χ4n) is 2.53. The van der Waals surface area contributed by atoms with Crippen molar-refractivity contribution < 1.29 is 13.2 Å². The Balaban J connectivity index is 1.85. The number of benzene rings is 1. The summed E-state index contributed by atoms with van der Waals surface area (Å²) in [5.41, 5.74) is 1.15. The van der Waals surface area contributed by atoms with Crippen molar-refractivity contribution in [1.82, 2.24) is 10.2 Å². The van der Waals surface area contributed by atoms with E-state index in [0.717, 1.165) is 5.56 Å². The van der Waals surface area contributed by atoms with E-state index in [-0.39, 0.29) is 36.0 Å². The SMILES string of the molecule is C[C@@H](c1ccccc1)N(C)CC(=O)N[C@H]1CCS(=O)(=O)C1. The molecule has 1 saturated heterocycles. The van der Waals surface area contributed by atoms with E-state index in [1.807, 2.05) is 49.2 Å². The van der Waals surface area contributed by atoms with Gasteiger partial charge in [-0.25, -0.2) is 8.42 Å². The van der Waals surface area contributed by atoms with E-state index in [9.17, 15) is 13.2 Å². The summed E-state index contributed by atoms with van der Waals surface area (Å²) in [5.74, 6) is 0.118. The first-order chi connectivity index (χ1) is 9.87. The van der Waals surface area contributed by atoms with Crippen LogP contribution < -0.4 is 5.32 Å². The van der Waals surface area contributed by atoms with Crippen LogP contribution in [0.3, 0.4) is 0 Å². The molecule has 5 nitrogen and oxygen atoms in total. The molecule has 0 spiro atoms. The van der Waals surface area contributed by atoms with Gasteiger partial charge >= 0.3 is 0 Å². The molecule has 0 aliphatic carbocycles. The zero-order chi connectivity index (χ0) is 15.5. The van der Waals surface area contributed by atoms with Crippen LogP contribution in [0.25, 0.3) is 0 Å². The summed E-state index contributed by atoms with van der Waals surface area (Å²) >= 11 is 0. The van der Waals surface area contributed by atoms with E-state index < -0.39 is 9.84 Å². The van der Waals surface area contributed by atoms with Crippen LogP contribution in [-0.4, -0.2) is 50.4 Å². The summed E-state index contributed by atoms with van der Waals surface area (Å²) in [6.45, 7) is 2.30. The van der Waals surface area contributed by atoms with Crippen molar-refractivity contribution in [3.8, 4) is 0 Å². The van der Waals surface area contributed by atoms with Gasteiger partial charge in [0.1, 0.15) is 0 Å². The highest BCUT2D eigenvalue weighted by atomic mass is 32.2. The molecule has 0 aromatic heterocycles. The van der Waals surface area contributed by atoms with E-state index in [2.05, 4.69) is 5.32 Å². The standard InChI is InChI=1S/C15H22N2O3S/c1-12(13-6-4-3-5-7-13)17(2)10-15(18)16-14-8-9-21(19,20)11-14/h3-7,12,14H,8-11H2,1-2H3,(H,16,18)/t12-,14-/m0/s1. The number of nitrogens with one attached hydrogen (secondary N) is 1. The lowest BCUT2D eigenvalue weighted by Crippen LogP contribution is -2.42. The van der Waals surface area contributed by atoms with Crippen LogP contribution in [0.5, 0.6) is 0 Å². The van der Waals surface area contributed by atoms with Crippen molar-refractivity contribution in [1.29, 1.82) is 0 Å². The van der Waals surface area contributed by atoms with Crippen molar-refractivity contribution in [3.05, 3.63) is 35.9 Å². The molecule has 0 radical (unpaired) electrons. The lowest BCUT2D eigenvalue weighted by molar-refractivity contribution is -0.122. The van der Waals surface area contributed by atoms with Gasteiger partial charge < -0.3 is 5.32 Å². The van der Waals surface area contributed by atoms with Gasteiger partial charge in [0, 0.05) is 12.1 Å². The van der Waals surface area contributed by atoms with Gasteiger partial charge in [0.2, 0.25) is 5.91 Å². The molecule has 2 rings (SSSR count). The maximum Gasteiger partial charge on any atom is 0.234 e. The largest absolute Gasteiger partial charge is 0.351 e. The Morgan fingerprint density at radius 2 is 2.05 bits per heavy atom. The molecule has 1 N–H and O–H groups in total. The molecule has 1 amide bonds. The molecule has 0 unspecified atom stereocenters. The zero-order valence-electron chi connectivity index (χ0n) is 12.5. The second-order valence-corrected chi connectivity index (χ2v) is 7.90. The predicted octanol–water partition coefficient (Wildman–Crippen LogP) is 0.983. The summed E-state index contributed by atoms with van der Waals surface area (Å²) in [6.07, 6.45) is 0.520. The maximum absolute atomic E-state index is 12.0. The number of carbonyl (C=O) groups is 1. The van der Waals surface area contributed by atoms with Crippen LogP contribution in [0.15, 0.2) is 30.3 Å². The third-order valence-electron chi connectivity index (χ3n) is 3.93. The van der Waals surface area contributed by atoms with E-state index in [1.165, 1.54) is 0 Å². The third-order valence-corrected chi connectivity index (χ3v) is 5.70. The minimum Gasteiger partial charge on any atom is -0.351 e. The Hall–Kier alpha value is -1.40. The minimum absolute atomic E-state index is 0.0662. The van der Waals surface area contributed by atoms with Crippen LogP contribution >= 0.6 is 0 Å².